The SMILES string of the molecule is CC(=O)Nc1ccc(C=C2Cc3c(O)cccc3C2=O)cc1. The Balaban J connectivity index is 1.87. The summed E-state index contributed by atoms with van der Waals surface area (Å²) in [6.07, 6.45) is 2.26. The van der Waals surface area contributed by atoms with E-state index in [1.807, 2.05) is 18.2 Å². The van der Waals surface area contributed by atoms with Crippen LogP contribution in [0.4, 0.5) is 5.69 Å². The Hall–Kier alpha value is -2.88. The Morgan fingerprint density at radius 2 is 1.91 bits per heavy atom. The number of hydrogen-bond acceptors (Lipinski definition) is 3. The number of ketones is 1. The van der Waals surface area contributed by atoms with Crippen LogP contribution in [0, 0.1) is 0 Å². The first kappa shape index (κ1) is 14.1. The summed E-state index contributed by atoms with van der Waals surface area (Å²) < 4.78 is 0. The van der Waals surface area contributed by atoms with E-state index in [-0.39, 0.29) is 17.4 Å². The van der Waals surface area contributed by atoms with Crippen molar-refractivity contribution in [1.29, 1.82) is 0 Å². The smallest absolute Gasteiger partial charge is 0.221 e. The third kappa shape index (κ3) is 2.63. The summed E-state index contributed by atoms with van der Waals surface area (Å²) in [4.78, 5) is 23.3. The monoisotopic (exact) mass is 293 g/mol. The van der Waals surface area contributed by atoms with Crippen molar-refractivity contribution in [3.8, 4) is 5.75 Å². The number of allylic oxidation sites excluding steroid dienone is 1. The van der Waals surface area contributed by atoms with E-state index in [2.05, 4.69) is 5.32 Å². The van der Waals surface area contributed by atoms with Crippen molar-refractivity contribution >= 4 is 23.5 Å². The molecule has 0 aromatic heterocycles. The van der Waals surface area contributed by atoms with Crippen LogP contribution in [0.25, 0.3) is 6.08 Å². The van der Waals surface area contributed by atoms with Gasteiger partial charge in [0.05, 0.1) is 0 Å². The van der Waals surface area contributed by atoms with Gasteiger partial charge in [0.15, 0.2) is 5.78 Å². The summed E-state index contributed by atoms with van der Waals surface area (Å²) in [5.74, 6) is -0.00454. The van der Waals surface area contributed by atoms with E-state index in [1.54, 1.807) is 30.3 Å². The Labute approximate surface area is 128 Å². The number of carbonyl (C=O) groups is 2. The summed E-state index contributed by atoms with van der Waals surface area (Å²) in [5, 5.41) is 12.5. The number of fused-ring (bicyclic) bond motifs is 1. The minimum absolute atomic E-state index is 0.0446. The molecule has 2 aromatic rings. The number of phenolic OH excluding ortho intramolecular Hbond substituents is 1. The number of phenols is 1. The fourth-order valence-electron chi connectivity index (χ4n) is 2.60. The van der Waals surface area contributed by atoms with Crippen LogP contribution in [0.3, 0.4) is 0 Å². The molecule has 4 heteroatoms. The van der Waals surface area contributed by atoms with Crippen molar-refractivity contribution in [2.75, 3.05) is 5.32 Å². The fraction of sp³-hybridized carbons (Fsp3) is 0.111. The van der Waals surface area contributed by atoms with Gasteiger partial charge in [-0.1, -0.05) is 24.3 Å². The van der Waals surface area contributed by atoms with Crippen molar-refractivity contribution < 1.29 is 14.7 Å². The van der Waals surface area contributed by atoms with Crippen LogP contribution >= 0.6 is 0 Å². The van der Waals surface area contributed by atoms with Gasteiger partial charge >= 0.3 is 0 Å². The molecule has 0 unspecified atom stereocenters. The number of amides is 1. The van der Waals surface area contributed by atoms with Gasteiger partial charge in [-0.3, -0.25) is 9.59 Å². The van der Waals surface area contributed by atoms with Crippen LogP contribution in [0.15, 0.2) is 48.0 Å². The standard InChI is InChI=1S/C18H15NO3/c1-11(20)19-14-7-5-12(6-8-14)9-13-10-16-15(18(13)22)3-2-4-17(16)21/h2-9,21H,10H2,1H3,(H,19,20). The Kier molecular flexibility index (Phi) is 3.51. The molecular weight excluding hydrogens is 278 g/mol. The molecule has 0 bridgehead atoms. The zero-order valence-electron chi connectivity index (χ0n) is 12.1. The molecule has 2 N–H and O–H groups in total. The zero-order valence-corrected chi connectivity index (χ0v) is 12.1. The molecule has 0 heterocycles. The van der Waals surface area contributed by atoms with E-state index >= 15 is 0 Å². The Morgan fingerprint density at radius 3 is 2.55 bits per heavy atom. The predicted molar refractivity (Wildman–Crippen MR) is 84.9 cm³/mol. The molecule has 0 radical (unpaired) electrons. The van der Waals surface area contributed by atoms with E-state index in [4.69, 9.17) is 0 Å². The van der Waals surface area contributed by atoms with Gasteiger partial charge in [0.2, 0.25) is 5.91 Å². The molecule has 110 valence electrons. The maximum atomic E-state index is 12.3. The van der Waals surface area contributed by atoms with Crippen LogP contribution in [0.5, 0.6) is 5.75 Å². The maximum absolute atomic E-state index is 12.3. The number of rotatable bonds is 2. The highest BCUT2D eigenvalue weighted by Crippen LogP contribution is 2.33. The summed E-state index contributed by atoms with van der Waals surface area (Å²) in [6.45, 7) is 1.46. The third-order valence-corrected chi connectivity index (χ3v) is 3.63. The molecule has 1 amide bonds. The molecule has 0 aliphatic heterocycles. The van der Waals surface area contributed by atoms with Gasteiger partial charge in [-0.15, -0.1) is 0 Å². The van der Waals surface area contributed by atoms with E-state index < -0.39 is 0 Å². The average Bonchev–Trinajstić information content (AvgIpc) is 2.79. The van der Waals surface area contributed by atoms with Gasteiger partial charge < -0.3 is 10.4 Å². The lowest BCUT2D eigenvalue weighted by molar-refractivity contribution is -0.114. The second-order valence-electron chi connectivity index (χ2n) is 5.28. The van der Waals surface area contributed by atoms with Gasteiger partial charge in [0.25, 0.3) is 0 Å². The van der Waals surface area contributed by atoms with Crippen molar-refractivity contribution in [1.82, 2.24) is 0 Å². The first-order valence-electron chi connectivity index (χ1n) is 6.98. The number of nitrogens with one attached hydrogen (secondary N) is 1. The second kappa shape index (κ2) is 5.48. The molecule has 0 saturated heterocycles. The topological polar surface area (TPSA) is 66.4 Å². The van der Waals surface area contributed by atoms with Crippen LogP contribution in [0.1, 0.15) is 28.4 Å². The van der Waals surface area contributed by atoms with E-state index in [9.17, 15) is 14.7 Å². The molecule has 3 rings (SSSR count). The molecule has 2 aromatic carbocycles. The highest BCUT2D eigenvalue weighted by molar-refractivity contribution is 6.16. The summed E-state index contributed by atoms with van der Waals surface area (Å²) in [5.41, 5.74) is 3.51. The second-order valence-corrected chi connectivity index (χ2v) is 5.28. The van der Waals surface area contributed by atoms with Crippen molar-refractivity contribution in [2.24, 2.45) is 0 Å². The zero-order chi connectivity index (χ0) is 15.7. The predicted octanol–water partition coefficient (Wildman–Crippen LogP) is 3.17. The van der Waals surface area contributed by atoms with Crippen molar-refractivity contribution in [3.05, 3.63) is 64.7 Å². The fourth-order valence-corrected chi connectivity index (χ4v) is 2.60. The molecule has 0 saturated carbocycles. The highest BCUT2D eigenvalue weighted by Gasteiger charge is 2.26. The molecule has 4 nitrogen and oxygen atoms in total. The minimum Gasteiger partial charge on any atom is -0.508 e. The largest absolute Gasteiger partial charge is 0.508 e. The Morgan fingerprint density at radius 1 is 1.18 bits per heavy atom. The number of benzene rings is 2. The number of carbonyl (C=O) groups excluding carboxylic acids is 2. The van der Waals surface area contributed by atoms with Crippen LogP contribution < -0.4 is 5.32 Å². The third-order valence-electron chi connectivity index (χ3n) is 3.63. The Bertz CT molecular complexity index is 788. The first-order valence-corrected chi connectivity index (χ1v) is 6.98. The lowest BCUT2D eigenvalue weighted by Crippen LogP contribution is -2.05. The number of aromatic hydroxyl groups is 1. The summed E-state index contributed by atoms with van der Waals surface area (Å²) >= 11 is 0. The van der Waals surface area contributed by atoms with Crippen LogP contribution in [-0.2, 0) is 11.2 Å². The number of Topliss-reactive ketones (excluding diaryl/α,β-unsaturated/α-hetero) is 1. The average molecular weight is 293 g/mol. The molecule has 1 aliphatic carbocycles. The van der Waals surface area contributed by atoms with Gasteiger partial charge in [-0.2, -0.15) is 0 Å². The number of hydrogen-bond donors (Lipinski definition) is 2. The van der Waals surface area contributed by atoms with Gasteiger partial charge in [0.1, 0.15) is 5.75 Å². The molecule has 0 atom stereocenters. The van der Waals surface area contributed by atoms with E-state index in [0.717, 1.165) is 5.56 Å². The maximum Gasteiger partial charge on any atom is 0.221 e. The first-order chi connectivity index (χ1) is 10.5. The van der Waals surface area contributed by atoms with E-state index in [1.165, 1.54) is 6.92 Å². The summed E-state index contributed by atoms with van der Waals surface area (Å²) in [6, 6.07) is 12.3. The molecule has 1 aliphatic rings. The van der Waals surface area contributed by atoms with E-state index in [0.29, 0.717) is 28.8 Å². The molecule has 0 spiro atoms. The van der Waals surface area contributed by atoms with Crippen LogP contribution in [-0.4, -0.2) is 16.8 Å². The lowest BCUT2D eigenvalue weighted by Gasteiger charge is -2.02. The summed E-state index contributed by atoms with van der Waals surface area (Å²) in [7, 11) is 0. The van der Waals surface area contributed by atoms with Crippen LogP contribution in [0.2, 0.25) is 0 Å². The molecular formula is C18H15NO3. The molecule has 22 heavy (non-hydrogen) atoms. The van der Waals surface area contributed by atoms with Gasteiger partial charge in [-0.25, -0.2) is 0 Å². The number of anilines is 1. The normalized spacial score (nSPS) is 15.0. The van der Waals surface area contributed by atoms with Gasteiger partial charge in [0, 0.05) is 35.7 Å². The van der Waals surface area contributed by atoms with Crippen molar-refractivity contribution in [2.45, 2.75) is 13.3 Å². The highest BCUT2D eigenvalue weighted by atomic mass is 16.3. The minimum atomic E-state index is -0.122. The molecule has 0 fully saturated rings. The van der Waals surface area contributed by atoms with Crippen molar-refractivity contribution in [3.63, 3.8) is 0 Å². The lowest BCUT2D eigenvalue weighted by atomic mass is 10.1. The van der Waals surface area contributed by atoms with Gasteiger partial charge in [-0.05, 0) is 29.8 Å². The quantitative estimate of drug-likeness (QED) is 0.836.